The highest BCUT2D eigenvalue weighted by Crippen LogP contribution is 2.22. The zero-order chi connectivity index (χ0) is 18.7. The molecule has 0 fully saturated rings. The largest absolute Gasteiger partial charge is 0.463 e. The lowest BCUT2D eigenvalue weighted by atomic mass is 10.2. The van der Waals surface area contributed by atoms with Crippen LogP contribution in [0.3, 0.4) is 0 Å². The fourth-order valence-corrected chi connectivity index (χ4v) is 2.64. The van der Waals surface area contributed by atoms with Crippen LogP contribution in [0.5, 0.6) is 5.75 Å². The van der Waals surface area contributed by atoms with E-state index in [2.05, 4.69) is 18.3 Å². The normalized spacial score (nSPS) is 10.5. The van der Waals surface area contributed by atoms with Gasteiger partial charge in [0.05, 0.1) is 23.6 Å². The van der Waals surface area contributed by atoms with E-state index >= 15 is 0 Å². The number of fused-ring (bicyclic) bond motifs is 1. The predicted molar refractivity (Wildman–Crippen MR) is 101 cm³/mol. The maximum atomic E-state index is 12.3. The van der Waals surface area contributed by atoms with Gasteiger partial charge in [0.1, 0.15) is 5.75 Å². The van der Waals surface area contributed by atoms with Gasteiger partial charge in [0.25, 0.3) is 0 Å². The second kappa shape index (κ2) is 7.27. The molecule has 0 atom stereocenters. The average molecular weight is 348 g/mol. The summed E-state index contributed by atoms with van der Waals surface area (Å²) in [5, 5.41) is 5.21. The molecule has 3 rings (SSSR count). The maximum Gasteiger partial charge on any atom is 0.364 e. The maximum absolute atomic E-state index is 12.3. The summed E-state index contributed by atoms with van der Waals surface area (Å²) in [5.74, 6) is 1.20. The van der Waals surface area contributed by atoms with Crippen molar-refractivity contribution in [3.05, 3.63) is 84.5 Å². The lowest BCUT2D eigenvalue weighted by Crippen LogP contribution is -2.07. The van der Waals surface area contributed by atoms with Crippen LogP contribution < -0.4 is 4.74 Å². The van der Waals surface area contributed by atoms with E-state index in [0.717, 1.165) is 22.2 Å². The molecule has 0 saturated heterocycles. The first-order valence-corrected chi connectivity index (χ1v) is 8.19. The monoisotopic (exact) mass is 348 g/mol. The molecule has 0 bridgehead atoms. The molecule has 0 aliphatic carbocycles. The van der Waals surface area contributed by atoms with E-state index in [1.807, 2.05) is 48.5 Å². The summed E-state index contributed by atoms with van der Waals surface area (Å²) >= 11 is 0. The second-order valence-electron chi connectivity index (χ2n) is 6.06. The summed E-state index contributed by atoms with van der Waals surface area (Å²) in [6.45, 7) is 11.3. The number of ether oxygens (including phenoxy) is 2. The Morgan fingerprint density at radius 1 is 1.04 bits per heavy atom. The number of nitrogens with zero attached hydrogens (tertiary/aromatic N) is 2. The summed E-state index contributed by atoms with van der Waals surface area (Å²) in [6.07, 6.45) is 0. The van der Waals surface area contributed by atoms with E-state index in [1.165, 1.54) is 0 Å². The van der Waals surface area contributed by atoms with Gasteiger partial charge in [0.15, 0.2) is 5.69 Å². The molecular weight excluding hydrogens is 328 g/mol. The summed E-state index contributed by atoms with van der Waals surface area (Å²) in [7, 11) is 0. The van der Waals surface area contributed by atoms with Crippen molar-refractivity contribution in [1.82, 2.24) is 9.78 Å². The first-order chi connectivity index (χ1) is 12.4. The number of benzene rings is 2. The molecule has 1 heterocycles. The lowest BCUT2D eigenvalue weighted by Gasteiger charge is -2.07. The number of para-hydroxylation sites is 1. The van der Waals surface area contributed by atoms with Crippen molar-refractivity contribution >= 4 is 16.9 Å². The molecule has 0 aliphatic heterocycles. The molecular formula is C21H20N2O3. The summed E-state index contributed by atoms with van der Waals surface area (Å²) in [5.41, 5.74) is 2.18. The SMILES string of the molecule is C=C(C)OC(=O)c1nn(Cc2ccc(OC(=C)C)cc2)c2ccccc12. The Morgan fingerprint density at radius 3 is 2.38 bits per heavy atom. The number of esters is 1. The third-order valence-electron chi connectivity index (χ3n) is 3.67. The van der Waals surface area contributed by atoms with Gasteiger partial charge in [0, 0.05) is 5.39 Å². The minimum absolute atomic E-state index is 0.283. The minimum atomic E-state index is -0.502. The molecule has 0 amide bonds. The van der Waals surface area contributed by atoms with Gasteiger partial charge in [-0.05, 0) is 37.6 Å². The molecule has 0 unspecified atom stereocenters. The van der Waals surface area contributed by atoms with Crippen molar-refractivity contribution in [3.63, 3.8) is 0 Å². The van der Waals surface area contributed by atoms with Crippen molar-refractivity contribution in [2.24, 2.45) is 0 Å². The van der Waals surface area contributed by atoms with Crippen molar-refractivity contribution in [2.45, 2.75) is 20.4 Å². The van der Waals surface area contributed by atoms with Crippen LogP contribution in [0.15, 0.2) is 73.2 Å². The van der Waals surface area contributed by atoms with Gasteiger partial charge in [-0.3, -0.25) is 4.68 Å². The second-order valence-corrected chi connectivity index (χ2v) is 6.06. The van der Waals surface area contributed by atoms with Crippen LogP contribution in [-0.2, 0) is 11.3 Å². The smallest absolute Gasteiger partial charge is 0.364 e. The fraction of sp³-hybridized carbons (Fsp3) is 0.143. The van der Waals surface area contributed by atoms with Crippen molar-refractivity contribution < 1.29 is 14.3 Å². The molecule has 0 N–H and O–H groups in total. The number of hydrogen-bond donors (Lipinski definition) is 0. The number of rotatable bonds is 6. The summed E-state index contributed by atoms with van der Waals surface area (Å²) in [6, 6.07) is 15.3. The van der Waals surface area contributed by atoms with Gasteiger partial charge in [-0.2, -0.15) is 5.10 Å². The lowest BCUT2D eigenvalue weighted by molar-refractivity contribution is 0.0622. The first kappa shape index (κ1) is 17.5. The molecule has 0 saturated carbocycles. The molecule has 1 aromatic heterocycles. The molecule has 0 radical (unpaired) electrons. The van der Waals surface area contributed by atoms with E-state index in [-0.39, 0.29) is 5.69 Å². The Morgan fingerprint density at radius 2 is 1.73 bits per heavy atom. The quantitative estimate of drug-likeness (QED) is 0.479. The predicted octanol–water partition coefficient (Wildman–Crippen LogP) is 4.69. The average Bonchev–Trinajstić information content (AvgIpc) is 2.95. The fourth-order valence-electron chi connectivity index (χ4n) is 2.64. The van der Waals surface area contributed by atoms with Crippen LogP contribution in [0.2, 0.25) is 0 Å². The van der Waals surface area contributed by atoms with Gasteiger partial charge in [-0.15, -0.1) is 0 Å². The molecule has 5 nitrogen and oxygen atoms in total. The topological polar surface area (TPSA) is 53.3 Å². The van der Waals surface area contributed by atoms with Crippen molar-refractivity contribution in [3.8, 4) is 5.75 Å². The van der Waals surface area contributed by atoms with Gasteiger partial charge >= 0.3 is 5.97 Å². The highest BCUT2D eigenvalue weighted by Gasteiger charge is 2.18. The van der Waals surface area contributed by atoms with E-state index in [9.17, 15) is 4.79 Å². The minimum Gasteiger partial charge on any atom is -0.463 e. The highest BCUT2D eigenvalue weighted by atomic mass is 16.5. The van der Waals surface area contributed by atoms with Gasteiger partial charge in [-0.25, -0.2) is 4.79 Å². The van der Waals surface area contributed by atoms with Crippen molar-refractivity contribution in [2.75, 3.05) is 0 Å². The Bertz CT molecular complexity index is 984. The molecule has 2 aromatic carbocycles. The van der Waals surface area contributed by atoms with E-state index < -0.39 is 5.97 Å². The van der Waals surface area contributed by atoms with E-state index in [1.54, 1.807) is 18.5 Å². The number of carbonyl (C=O) groups is 1. The molecule has 0 spiro atoms. The third-order valence-corrected chi connectivity index (χ3v) is 3.67. The molecule has 0 aliphatic rings. The summed E-state index contributed by atoms with van der Waals surface area (Å²) < 4.78 is 12.4. The molecule has 26 heavy (non-hydrogen) atoms. The Balaban J connectivity index is 1.91. The van der Waals surface area contributed by atoms with Gasteiger partial charge in [0.2, 0.25) is 0 Å². The van der Waals surface area contributed by atoms with Crippen LogP contribution in [0, 0.1) is 0 Å². The van der Waals surface area contributed by atoms with E-state index in [0.29, 0.717) is 18.1 Å². The van der Waals surface area contributed by atoms with Crippen LogP contribution >= 0.6 is 0 Å². The number of aromatic nitrogens is 2. The number of hydrogen-bond acceptors (Lipinski definition) is 4. The van der Waals surface area contributed by atoms with Crippen LogP contribution in [-0.4, -0.2) is 15.7 Å². The Hall–Kier alpha value is -3.34. The van der Waals surface area contributed by atoms with Crippen molar-refractivity contribution in [1.29, 1.82) is 0 Å². The van der Waals surface area contributed by atoms with Gasteiger partial charge < -0.3 is 9.47 Å². The number of allylic oxidation sites excluding steroid dienone is 2. The molecule has 132 valence electrons. The Kier molecular flexibility index (Phi) is 4.89. The highest BCUT2D eigenvalue weighted by molar-refractivity contribution is 6.02. The Labute approximate surface area is 152 Å². The van der Waals surface area contributed by atoms with Crippen LogP contribution in [0.4, 0.5) is 0 Å². The van der Waals surface area contributed by atoms with Crippen LogP contribution in [0.1, 0.15) is 29.9 Å². The molecule has 5 heteroatoms. The standard InChI is InChI=1S/C21H20N2O3/c1-14(2)25-17-11-9-16(10-12-17)13-23-19-8-6-5-7-18(19)20(22-23)21(24)26-15(3)4/h5-12H,1,3,13H2,2,4H3. The summed E-state index contributed by atoms with van der Waals surface area (Å²) in [4.78, 5) is 12.3. The third kappa shape index (κ3) is 3.83. The van der Waals surface area contributed by atoms with Gasteiger partial charge in [-0.1, -0.05) is 43.5 Å². The molecule has 3 aromatic rings. The van der Waals surface area contributed by atoms with E-state index in [4.69, 9.17) is 9.47 Å². The first-order valence-electron chi connectivity index (χ1n) is 8.19. The zero-order valence-electron chi connectivity index (χ0n) is 14.9. The van der Waals surface area contributed by atoms with Crippen LogP contribution in [0.25, 0.3) is 10.9 Å². The number of carbonyl (C=O) groups excluding carboxylic acids is 1. The zero-order valence-corrected chi connectivity index (χ0v) is 14.9.